The fourth-order valence-corrected chi connectivity index (χ4v) is 1.89. The van der Waals surface area contributed by atoms with E-state index in [0.29, 0.717) is 17.6 Å². The van der Waals surface area contributed by atoms with Gasteiger partial charge in [-0.1, -0.05) is 19.9 Å². The van der Waals surface area contributed by atoms with Gasteiger partial charge in [0.05, 0.1) is 0 Å². The molecule has 0 unspecified atom stereocenters. The molecule has 4 heteroatoms. The number of fused-ring (bicyclic) bond motifs is 1. The summed E-state index contributed by atoms with van der Waals surface area (Å²) in [5.41, 5.74) is 1.38. The molecular formula is C13H16N4. The van der Waals surface area contributed by atoms with Crippen LogP contribution in [0.25, 0.3) is 5.65 Å². The van der Waals surface area contributed by atoms with E-state index in [1.165, 1.54) is 0 Å². The number of rotatable bonds is 4. The van der Waals surface area contributed by atoms with E-state index in [4.69, 9.17) is 0 Å². The highest BCUT2D eigenvalue weighted by atomic mass is 15.1. The summed E-state index contributed by atoms with van der Waals surface area (Å²) in [6, 6.07) is 8.30. The van der Waals surface area contributed by atoms with Gasteiger partial charge in [-0.3, -0.25) is 4.40 Å². The highest BCUT2D eigenvalue weighted by molar-refractivity contribution is 5.59. The van der Waals surface area contributed by atoms with Crippen molar-refractivity contribution in [2.24, 2.45) is 0 Å². The highest BCUT2D eigenvalue weighted by Crippen LogP contribution is 2.18. The molecule has 0 saturated heterocycles. The molecule has 17 heavy (non-hydrogen) atoms. The fourth-order valence-electron chi connectivity index (χ4n) is 1.89. The molecule has 0 saturated carbocycles. The summed E-state index contributed by atoms with van der Waals surface area (Å²) in [5.74, 6) is 0.687. The highest BCUT2D eigenvalue weighted by Gasteiger charge is 2.13. The normalized spacial score (nSPS) is 10.7. The Bertz CT molecular complexity index is 546. The first-order valence-electron chi connectivity index (χ1n) is 5.93. The Morgan fingerprint density at radius 3 is 2.82 bits per heavy atom. The molecule has 2 heterocycles. The lowest BCUT2D eigenvalue weighted by molar-refractivity contribution is 0.669. The van der Waals surface area contributed by atoms with Gasteiger partial charge in [0, 0.05) is 12.2 Å². The summed E-state index contributed by atoms with van der Waals surface area (Å²) in [6.45, 7) is 4.26. The van der Waals surface area contributed by atoms with Crippen molar-refractivity contribution in [2.45, 2.75) is 32.7 Å². The lowest BCUT2D eigenvalue weighted by Crippen LogP contribution is -2.17. The number of hydrogen-bond donors (Lipinski definition) is 1. The average molecular weight is 228 g/mol. The molecule has 1 N–H and O–H groups in total. The second-order valence-corrected chi connectivity index (χ2v) is 4.01. The summed E-state index contributed by atoms with van der Waals surface area (Å²) >= 11 is 0. The third kappa shape index (κ3) is 2.09. The van der Waals surface area contributed by atoms with Crippen LogP contribution in [0.5, 0.6) is 0 Å². The molecule has 0 atom stereocenters. The third-order valence-corrected chi connectivity index (χ3v) is 2.96. The molecule has 0 fully saturated rings. The number of hydrogen-bond acceptors (Lipinski definition) is 3. The first-order valence-corrected chi connectivity index (χ1v) is 5.93. The Balaban J connectivity index is 2.44. The molecule has 0 aliphatic rings. The number of nitrogens with one attached hydrogen (secondary N) is 1. The van der Waals surface area contributed by atoms with Crippen molar-refractivity contribution in [1.29, 1.82) is 5.26 Å². The van der Waals surface area contributed by atoms with Gasteiger partial charge in [0.2, 0.25) is 0 Å². The lowest BCUT2D eigenvalue weighted by Gasteiger charge is -2.13. The SMILES string of the molecule is CCC(CC)Nc1nc2ccccn2c1C#N. The number of nitrogens with zero attached hydrogens (tertiary/aromatic N) is 3. The van der Waals surface area contributed by atoms with Crippen molar-refractivity contribution in [3.63, 3.8) is 0 Å². The largest absolute Gasteiger partial charge is 0.365 e. The van der Waals surface area contributed by atoms with Gasteiger partial charge >= 0.3 is 0 Å². The predicted molar refractivity (Wildman–Crippen MR) is 67.9 cm³/mol. The van der Waals surface area contributed by atoms with Gasteiger partial charge in [0.15, 0.2) is 11.5 Å². The number of anilines is 1. The van der Waals surface area contributed by atoms with Crippen LogP contribution in [0.3, 0.4) is 0 Å². The molecule has 0 spiro atoms. The van der Waals surface area contributed by atoms with E-state index in [2.05, 4.69) is 30.2 Å². The van der Waals surface area contributed by atoms with Crippen LogP contribution < -0.4 is 5.32 Å². The second kappa shape index (κ2) is 4.88. The van der Waals surface area contributed by atoms with Crippen LogP contribution in [0.1, 0.15) is 32.4 Å². The van der Waals surface area contributed by atoms with Crippen LogP contribution in [-0.4, -0.2) is 15.4 Å². The smallest absolute Gasteiger partial charge is 0.168 e. The van der Waals surface area contributed by atoms with Gasteiger partial charge in [-0.2, -0.15) is 5.26 Å². The zero-order valence-electron chi connectivity index (χ0n) is 10.1. The maximum atomic E-state index is 9.21. The van der Waals surface area contributed by atoms with E-state index >= 15 is 0 Å². The Hall–Kier alpha value is -2.02. The van der Waals surface area contributed by atoms with Crippen molar-refractivity contribution in [3.05, 3.63) is 30.1 Å². The third-order valence-electron chi connectivity index (χ3n) is 2.96. The van der Waals surface area contributed by atoms with E-state index in [1.807, 2.05) is 28.8 Å². The standard InChI is InChI=1S/C13H16N4/c1-3-10(4-2)15-13-11(9-14)17-8-6-5-7-12(17)16-13/h5-8,10,15H,3-4H2,1-2H3. The molecule has 0 radical (unpaired) electrons. The summed E-state index contributed by atoms with van der Waals surface area (Å²) in [5, 5.41) is 12.5. The van der Waals surface area contributed by atoms with E-state index in [9.17, 15) is 5.26 Å². The number of imidazole rings is 1. The number of aromatic nitrogens is 2. The Morgan fingerprint density at radius 2 is 2.18 bits per heavy atom. The Labute approximate surface area is 101 Å². The molecule has 0 bridgehead atoms. The van der Waals surface area contributed by atoms with Crippen LogP contribution in [0, 0.1) is 11.3 Å². The Morgan fingerprint density at radius 1 is 1.41 bits per heavy atom. The minimum absolute atomic E-state index is 0.368. The van der Waals surface area contributed by atoms with Crippen LogP contribution in [0.15, 0.2) is 24.4 Å². The van der Waals surface area contributed by atoms with Gasteiger partial charge in [-0.15, -0.1) is 0 Å². The predicted octanol–water partition coefficient (Wildman–Crippen LogP) is 2.81. The number of nitriles is 1. The Kier molecular flexibility index (Phi) is 3.29. The molecule has 0 amide bonds. The first kappa shape index (κ1) is 11.5. The van der Waals surface area contributed by atoms with Crippen molar-refractivity contribution >= 4 is 11.5 Å². The van der Waals surface area contributed by atoms with Crippen LogP contribution in [-0.2, 0) is 0 Å². The molecule has 0 aliphatic heterocycles. The van der Waals surface area contributed by atoms with Crippen molar-refractivity contribution in [2.75, 3.05) is 5.32 Å². The molecule has 88 valence electrons. The minimum Gasteiger partial charge on any atom is -0.365 e. The van der Waals surface area contributed by atoms with Crippen LogP contribution >= 0.6 is 0 Å². The van der Waals surface area contributed by atoms with Gasteiger partial charge in [-0.25, -0.2) is 4.98 Å². The van der Waals surface area contributed by atoms with E-state index in [1.54, 1.807) is 0 Å². The van der Waals surface area contributed by atoms with E-state index in [-0.39, 0.29) is 0 Å². The van der Waals surface area contributed by atoms with Crippen molar-refractivity contribution in [1.82, 2.24) is 9.38 Å². The first-order chi connectivity index (χ1) is 8.30. The molecule has 0 aromatic carbocycles. The van der Waals surface area contributed by atoms with Crippen LogP contribution in [0.4, 0.5) is 5.82 Å². The topological polar surface area (TPSA) is 53.1 Å². The molecule has 4 nitrogen and oxygen atoms in total. The van der Waals surface area contributed by atoms with Gasteiger partial charge in [0.1, 0.15) is 11.7 Å². The zero-order valence-corrected chi connectivity index (χ0v) is 10.1. The summed E-state index contributed by atoms with van der Waals surface area (Å²) in [6.07, 6.45) is 3.91. The monoisotopic (exact) mass is 228 g/mol. The minimum atomic E-state index is 0.368. The zero-order chi connectivity index (χ0) is 12.3. The molecule has 0 aliphatic carbocycles. The quantitative estimate of drug-likeness (QED) is 0.875. The molecule has 2 aromatic heterocycles. The second-order valence-electron chi connectivity index (χ2n) is 4.01. The van der Waals surface area contributed by atoms with Gasteiger partial charge < -0.3 is 5.32 Å². The summed E-state index contributed by atoms with van der Waals surface area (Å²) < 4.78 is 1.81. The molecular weight excluding hydrogens is 212 g/mol. The van der Waals surface area contributed by atoms with E-state index in [0.717, 1.165) is 18.5 Å². The van der Waals surface area contributed by atoms with Crippen molar-refractivity contribution in [3.8, 4) is 6.07 Å². The van der Waals surface area contributed by atoms with Crippen LogP contribution in [0.2, 0.25) is 0 Å². The summed E-state index contributed by atoms with van der Waals surface area (Å²) in [7, 11) is 0. The maximum Gasteiger partial charge on any atom is 0.168 e. The lowest BCUT2D eigenvalue weighted by atomic mass is 10.2. The number of pyridine rings is 1. The average Bonchev–Trinajstić information content (AvgIpc) is 2.72. The molecule has 2 rings (SSSR count). The van der Waals surface area contributed by atoms with Crippen molar-refractivity contribution < 1.29 is 0 Å². The van der Waals surface area contributed by atoms with E-state index < -0.39 is 0 Å². The molecule has 2 aromatic rings. The fraction of sp³-hybridized carbons (Fsp3) is 0.385. The van der Waals surface area contributed by atoms with Gasteiger partial charge in [0.25, 0.3) is 0 Å². The maximum absolute atomic E-state index is 9.21. The van der Waals surface area contributed by atoms with Gasteiger partial charge in [-0.05, 0) is 25.0 Å². The summed E-state index contributed by atoms with van der Waals surface area (Å²) in [4.78, 5) is 4.45.